The monoisotopic (exact) mass is 455 g/mol. The van der Waals surface area contributed by atoms with E-state index >= 15 is 0 Å². The molecule has 0 aliphatic heterocycles. The standard InChI is InChI=1S/C20H22ClNO7S/c1-5-27-17-13(21)8-12(9-14(17)26-4)19(24)29-10-15(23)22-16-7-11(3)18(30-16)20(25)28-6-2/h7-9H,5-6,10H2,1-4H3,(H,22,23). The molecule has 0 aliphatic rings. The molecule has 0 aliphatic carbocycles. The molecule has 162 valence electrons. The Balaban J connectivity index is 2.00. The number of anilines is 1. The summed E-state index contributed by atoms with van der Waals surface area (Å²) in [6.07, 6.45) is 0. The molecular formula is C20H22ClNO7S. The maximum atomic E-state index is 12.3. The van der Waals surface area contributed by atoms with Crippen LogP contribution in [-0.2, 0) is 14.3 Å². The number of esters is 2. The Hall–Kier alpha value is -2.78. The summed E-state index contributed by atoms with van der Waals surface area (Å²) in [6, 6.07) is 4.45. The van der Waals surface area contributed by atoms with E-state index in [0.717, 1.165) is 11.3 Å². The zero-order chi connectivity index (χ0) is 22.3. The first-order valence-corrected chi connectivity index (χ1v) is 10.2. The second-order valence-electron chi connectivity index (χ2n) is 5.89. The van der Waals surface area contributed by atoms with E-state index in [0.29, 0.717) is 27.8 Å². The van der Waals surface area contributed by atoms with Crippen LogP contribution in [0.3, 0.4) is 0 Å². The van der Waals surface area contributed by atoms with E-state index in [2.05, 4.69) is 5.32 Å². The van der Waals surface area contributed by atoms with Gasteiger partial charge in [-0.2, -0.15) is 0 Å². The van der Waals surface area contributed by atoms with Crippen LogP contribution in [0, 0.1) is 6.92 Å². The number of carbonyl (C=O) groups is 3. The Morgan fingerprint density at radius 2 is 1.80 bits per heavy atom. The minimum Gasteiger partial charge on any atom is -0.493 e. The number of thiophene rings is 1. The highest BCUT2D eigenvalue weighted by molar-refractivity contribution is 7.18. The van der Waals surface area contributed by atoms with E-state index in [9.17, 15) is 14.4 Å². The van der Waals surface area contributed by atoms with Crippen molar-refractivity contribution in [3.63, 3.8) is 0 Å². The van der Waals surface area contributed by atoms with Gasteiger partial charge in [-0.25, -0.2) is 9.59 Å². The molecule has 2 rings (SSSR count). The molecule has 1 aromatic heterocycles. The van der Waals surface area contributed by atoms with Gasteiger partial charge in [0.15, 0.2) is 18.1 Å². The molecule has 8 nitrogen and oxygen atoms in total. The number of rotatable bonds is 9. The third-order valence-corrected chi connectivity index (χ3v) is 5.14. The molecule has 2 aromatic rings. The molecule has 0 atom stereocenters. The van der Waals surface area contributed by atoms with E-state index in [1.807, 2.05) is 0 Å². The Kier molecular flexibility index (Phi) is 8.49. The maximum Gasteiger partial charge on any atom is 0.348 e. The molecule has 0 fully saturated rings. The van der Waals surface area contributed by atoms with E-state index in [-0.39, 0.29) is 22.9 Å². The molecule has 0 bridgehead atoms. The fourth-order valence-electron chi connectivity index (χ4n) is 2.45. The first kappa shape index (κ1) is 23.5. The average molecular weight is 456 g/mol. The van der Waals surface area contributed by atoms with Gasteiger partial charge in [-0.05, 0) is 44.5 Å². The van der Waals surface area contributed by atoms with E-state index in [4.69, 9.17) is 30.5 Å². The van der Waals surface area contributed by atoms with Crippen molar-refractivity contribution in [1.82, 2.24) is 0 Å². The number of amides is 1. The highest BCUT2D eigenvalue weighted by Crippen LogP contribution is 2.36. The van der Waals surface area contributed by atoms with Gasteiger partial charge in [-0.3, -0.25) is 4.79 Å². The molecule has 1 amide bonds. The Morgan fingerprint density at radius 1 is 1.07 bits per heavy atom. The van der Waals surface area contributed by atoms with Gasteiger partial charge in [0, 0.05) is 0 Å². The predicted octanol–water partition coefficient (Wildman–Crippen LogP) is 4.09. The van der Waals surface area contributed by atoms with Gasteiger partial charge in [0.2, 0.25) is 0 Å². The van der Waals surface area contributed by atoms with Gasteiger partial charge in [0.05, 0.1) is 35.9 Å². The predicted molar refractivity (Wildman–Crippen MR) is 113 cm³/mol. The highest BCUT2D eigenvalue weighted by atomic mass is 35.5. The summed E-state index contributed by atoms with van der Waals surface area (Å²) in [6.45, 7) is 5.36. The van der Waals surface area contributed by atoms with Crippen molar-refractivity contribution in [3.05, 3.63) is 39.2 Å². The first-order valence-electron chi connectivity index (χ1n) is 9.05. The number of carbonyl (C=O) groups excluding carboxylic acids is 3. The average Bonchev–Trinajstić information content (AvgIpc) is 3.07. The molecule has 30 heavy (non-hydrogen) atoms. The summed E-state index contributed by atoms with van der Waals surface area (Å²) in [5.74, 6) is -1.15. The molecule has 0 radical (unpaired) electrons. The van der Waals surface area contributed by atoms with Gasteiger partial charge in [-0.1, -0.05) is 11.6 Å². The largest absolute Gasteiger partial charge is 0.493 e. The third-order valence-electron chi connectivity index (χ3n) is 3.73. The van der Waals surface area contributed by atoms with Crippen LogP contribution >= 0.6 is 22.9 Å². The summed E-state index contributed by atoms with van der Waals surface area (Å²) in [7, 11) is 1.42. The lowest BCUT2D eigenvalue weighted by molar-refractivity contribution is -0.119. The fraction of sp³-hybridized carbons (Fsp3) is 0.350. The molecular weight excluding hydrogens is 434 g/mol. The maximum absolute atomic E-state index is 12.3. The topological polar surface area (TPSA) is 100 Å². The zero-order valence-electron chi connectivity index (χ0n) is 17.0. The van der Waals surface area contributed by atoms with Crippen LogP contribution in [0.5, 0.6) is 11.5 Å². The smallest absolute Gasteiger partial charge is 0.348 e. The number of nitrogens with one attached hydrogen (secondary N) is 1. The van der Waals surface area contributed by atoms with E-state index < -0.39 is 24.5 Å². The number of halogens is 1. The summed E-state index contributed by atoms with van der Waals surface area (Å²) in [5.41, 5.74) is 0.798. The number of ether oxygens (including phenoxy) is 4. The van der Waals surface area contributed by atoms with Crippen LogP contribution in [0.4, 0.5) is 5.00 Å². The molecule has 1 N–H and O–H groups in total. The lowest BCUT2D eigenvalue weighted by atomic mass is 10.2. The number of benzene rings is 1. The van der Waals surface area contributed by atoms with Crippen molar-refractivity contribution < 1.29 is 33.3 Å². The van der Waals surface area contributed by atoms with Gasteiger partial charge in [0.1, 0.15) is 4.88 Å². The van der Waals surface area contributed by atoms with Crippen molar-refractivity contribution in [3.8, 4) is 11.5 Å². The third kappa shape index (κ3) is 5.87. The SMILES string of the molecule is CCOC(=O)c1sc(NC(=O)COC(=O)c2cc(Cl)c(OCC)c(OC)c2)cc1C. The van der Waals surface area contributed by atoms with Crippen LogP contribution in [0.25, 0.3) is 0 Å². The lowest BCUT2D eigenvalue weighted by Crippen LogP contribution is -2.20. The Bertz CT molecular complexity index is 941. The molecule has 1 heterocycles. The van der Waals surface area contributed by atoms with Crippen LogP contribution in [0.15, 0.2) is 18.2 Å². The molecule has 0 saturated carbocycles. The molecule has 1 aromatic carbocycles. The highest BCUT2D eigenvalue weighted by Gasteiger charge is 2.19. The fourth-order valence-corrected chi connectivity index (χ4v) is 3.70. The number of hydrogen-bond acceptors (Lipinski definition) is 8. The summed E-state index contributed by atoms with van der Waals surface area (Å²) < 4.78 is 20.6. The second kappa shape index (κ2) is 10.8. The number of hydrogen-bond donors (Lipinski definition) is 1. The summed E-state index contributed by atoms with van der Waals surface area (Å²) >= 11 is 7.23. The van der Waals surface area contributed by atoms with Crippen LogP contribution < -0.4 is 14.8 Å². The Morgan fingerprint density at radius 3 is 2.43 bits per heavy atom. The quantitative estimate of drug-likeness (QED) is 0.568. The van der Waals surface area contributed by atoms with Gasteiger partial charge < -0.3 is 24.3 Å². The first-order chi connectivity index (χ1) is 14.3. The van der Waals surface area contributed by atoms with Crippen molar-refractivity contribution >= 4 is 45.8 Å². The van der Waals surface area contributed by atoms with Gasteiger partial charge >= 0.3 is 11.9 Å². The van der Waals surface area contributed by atoms with Gasteiger partial charge in [0.25, 0.3) is 5.91 Å². The van der Waals surface area contributed by atoms with Crippen molar-refractivity contribution in [1.29, 1.82) is 0 Å². The molecule has 0 saturated heterocycles. The van der Waals surface area contributed by atoms with Crippen molar-refractivity contribution in [2.75, 3.05) is 32.2 Å². The number of aryl methyl sites for hydroxylation is 1. The normalized spacial score (nSPS) is 10.3. The zero-order valence-corrected chi connectivity index (χ0v) is 18.6. The van der Waals surface area contributed by atoms with E-state index in [1.165, 1.54) is 19.2 Å². The Labute approximate surface area is 183 Å². The van der Waals surface area contributed by atoms with Gasteiger partial charge in [-0.15, -0.1) is 11.3 Å². The van der Waals surface area contributed by atoms with Crippen molar-refractivity contribution in [2.45, 2.75) is 20.8 Å². The van der Waals surface area contributed by atoms with E-state index in [1.54, 1.807) is 26.8 Å². The molecule has 10 heteroatoms. The lowest BCUT2D eigenvalue weighted by Gasteiger charge is -2.12. The summed E-state index contributed by atoms with van der Waals surface area (Å²) in [5, 5.41) is 3.23. The molecule has 0 spiro atoms. The van der Waals surface area contributed by atoms with Crippen molar-refractivity contribution in [2.24, 2.45) is 0 Å². The van der Waals surface area contributed by atoms with Crippen LogP contribution in [0.2, 0.25) is 5.02 Å². The minimum atomic E-state index is -0.747. The molecule has 0 unspecified atom stereocenters. The second-order valence-corrected chi connectivity index (χ2v) is 7.35. The number of methoxy groups -OCH3 is 1. The van der Waals surface area contributed by atoms with Crippen LogP contribution in [0.1, 0.15) is 39.4 Å². The van der Waals surface area contributed by atoms with Crippen LogP contribution in [-0.4, -0.2) is 44.8 Å². The summed E-state index contributed by atoms with van der Waals surface area (Å²) in [4.78, 5) is 36.7. The minimum absolute atomic E-state index is 0.115.